The monoisotopic (exact) mass is 1260 g/mol. The van der Waals surface area contributed by atoms with Gasteiger partial charge in [0.2, 0.25) is 17.7 Å². The molecule has 2 amide bonds. The maximum absolute atomic E-state index is 12.7. The van der Waals surface area contributed by atoms with Gasteiger partial charge in [-0.2, -0.15) is 40.7 Å². The van der Waals surface area contributed by atoms with Crippen LogP contribution in [-0.4, -0.2) is 124 Å². The molecular weight excluding hydrogens is 1230 g/mol. The highest BCUT2D eigenvalue weighted by Crippen LogP contribution is 2.38. The molecule has 5 rings (SSSR count). The number of alkyl halides is 7. The van der Waals surface area contributed by atoms with Crippen molar-refractivity contribution in [2.45, 2.75) is 37.3 Å². The van der Waals surface area contributed by atoms with Gasteiger partial charge in [-0.3, -0.25) is 20.0 Å². The number of amides is 2. The number of hydrogen-bond donors (Lipinski definition) is 9. The predicted molar refractivity (Wildman–Crippen MR) is 261 cm³/mol. The van der Waals surface area contributed by atoms with E-state index in [4.69, 9.17) is 90.8 Å². The topological polar surface area (TPSA) is 383 Å². The first-order valence-electron chi connectivity index (χ1n) is 20.4. The standard InChI is InChI=1S/C17H11Cl2F3O5.C14H10F4N4O7S.C8H6Cl2O3.C3H8NO5P/c1-8(15(23)24)26-16(25)11-7-10(3-4-12(11)18)27-14-5-2-9(6-13(14)19)17(20,21)22;15-11(16)28-8-5-9(29-12(17)18)20-13(19-8)21-14(25)22-30(26,27)7-4-2-1-3-6(7)10(23)24;1-13-7-5(10)3-2-4(9)6(7)8(11)12;5-3(6)1-4-2-10(7,8)9/h2-8H,1H3,(H,23,24);1-5,11-12H,(H,23,24)(H2,19,20,21,22,25);2-3H,1H3,(H,11,12);4H,1-2H2,(H,5,6)(H2,7,8,9)/t8-;;;/m0.../s1. The van der Waals surface area contributed by atoms with Crippen LogP contribution in [0.5, 0.6) is 29.0 Å². The number of urea groups is 1. The molecule has 0 bridgehead atoms. The Balaban J connectivity index is 0.000000397. The highest BCUT2D eigenvalue weighted by molar-refractivity contribution is 7.90. The van der Waals surface area contributed by atoms with Crippen LogP contribution in [-0.2, 0) is 35.1 Å². The highest BCUT2D eigenvalue weighted by atomic mass is 35.5. The molecule has 0 spiro atoms. The number of carbonyl (C=O) groups is 6. The molecule has 0 aliphatic rings. The molecule has 4 aromatic carbocycles. The van der Waals surface area contributed by atoms with Crippen LogP contribution in [0, 0.1) is 0 Å². The largest absolute Gasteiger partial charge is 0.494 e. The van der Waals surface area contributed by atoms with Crippen molar-refractivity contribution in [2.75, 3.05) is 25.3 Å². The second-order valence-corrected chi connectivity index (χ2v) is 19.1. The summed E-state index contributed by atoms with van der Waals surface area (Å²) in [6.07, 6.45) is -6.55. The molecule has 25 nitrogen and oxygen atoms in total. The van der Waals surface area contributed by atoms with Crippen molar-refractivity contribution in [3.05, 3.63) is 121 Å². The molecule has 0 saturated heterocycles. The zero-order valence-corrected chi connectivity index (χ0v) is 44.2. The Kier molecular flexibility index (Phi) is 26.4. The van der Waals surface area contributed by atoms with Crippen LogP contribution < -0.4 is 34.3 Å². The molecule has 0 aliphatic carbocycles. The number of nitrogens with zero attached hydrogens (tertiary/aromatic N) is 2. The maximum atomic E-state index is 12.7. The van der Waals surface area contributed by atoms with Crippen molar-refractivity contribution in [3.8, 4) is 29.0 Å². The summed E-state index contributed by atoms with van der Waals surface area (Å²) in [6.45, 7) is -6.09. The quantitative estimate of drug-likeness (QED) is 0.0212. The number of halogens is 11. The van der Waals surface area contributed by atoms with E-state index in [0.717, 1.165) is 37.3 Å². The van der Waals surface area contributed by atoms with Crippen LogP contribution in [0.3, 0.4) is 0 Å². The lowest BCUT2D eigenvalue weighted by molar-refractivity contribution is -0.146. The van der Waals surface area contributed by atoms with E-state index in [9.17, 15) is 72.5 Å². The van der Waals surface area contributed by atoms with E-state index in [1.54, 1.807) is 5.32 Å². The third-order valence-electron chi connectivity index (χ3n) is 8.31. The molecule has 9 N–H and O–H groups in total. The Morgan fingerprint density at radius 1 is 0.738 bits per heavy atom. The van der Waals surface area contributed by atoms with Crippen LogP contribution in [0.2, 0.25) is 20.1 Å². The number of aromatic nitrogens is 2. The molecule has 0 fully saturated rings. The lowest BCUT2D eigenvalue weighted by Gasteiger charge is -2.13. The number of rotatable bonds is 19. The normalized spacial score (nSPS) is 11.4. The minimum absolute atomic E-state index is 0.0246. The lowest BCUT2D eigenvalue weighted by atomic mass is 10.2. The molecule has 1 heterocycles. The zero-order chi connectivity index (χ0) is 61.0. The van der Waals surface area contributed by atoms with Crippen molar-refractivity contribution >= 4 is 106 Å². The average Bonchev–Trinajstić information content (AvgIpc) is 3.32. The number of esters is 1. The van der Waals surface area contributed by atoms with Crippen LogP contribution in [0.15, 0.2) is 83.8 Å². The van der Waals surface area contributed by atoms with E-state index >= 15 is 0 Å². The van der Waals surface area contributed by atoms with Crippen molar-refractivity contribution < 1.29 is 126 Å². The summed E-state index contributed by atoms with van der Waals surface area (Å²) >= 11 is 23.1. The van der Waals surface area contributed by atoms with Gasteiger partial charge in [-0.05, 0) is 67.6 Å². The minimum Gasteiger partial charge on any atom is -0.494 e. The number of nitrogens with one attached hydrogen (secondary N) is 3. The Morgan fingerprint density at radius 2 is 1.30 bits per heavy atom. The number of ether oxygens (including phenoxy) is 5. The fourth-order valence-corrected chi connectivity index (χ4v) is 7.46. The number of carboxylic acid groups (broad SMARTS) is 4. The van der Waals surface area contributed by atoms with Gasteiger partial charge in [-0.1, -0.05) is 58.5 Å². The van der Waals surface area contributed by atoms with Crippen LogP contribution in [0.25, 0.3) is 0 Å². The van der Waals surface area contributed by atoms with Crippen molar-refractivity contribution in [1.82, 2.24) is 20.0 Å². The summed E-state index contributed by atoms with van der Waals surface area (Å²) in [5.74, 6) is -9.06. The first-order chi connectivity index (χ1) is 37.0. The van der Waals surface area contributed by atoms with E-state index in [1.807, 2.05) is 0 Å². The molecule has 436 valence electrons. The summed E-state index contributed by atoms with van der Waals surface area (Å²) in [6, 6.07) is 12.5. The number of hydrogen-bond acceptors (Lipinski definition) is 17. The summed E-state index contributed by atoms with van der Waals surface area (Å²) in [7, 11) is -7.47. The van der Waals surface area contributed by atoms with Gasteiger partial charge in [0.05, 0.1) is 62.8 Å². The Bertz CT molecular complexity index is 3200. The second-order valence-electron chi connectivity index (χ2n) is 14.1. The number of methoxy groups -OCH3 is 1. The molecule has 1 aromatic heterocycles. The fraction of sp³-hybridized carbons (Fsp3) is 0.190. The lowest BCUT2D eigenvalue weighted by Crippen LogP contribution is -2.35. The first kappa shape index (κ1) is 68.6. The number of aliphatic carboxylic acids is 2. The Labute approximate surface area is 463 Å². The van der Waals surface area contributed by atoms with Gasteiger partial charge in [-0.15, -0.1) is 0 Å². The van der Waals surface area contributed by atoms with Crippen molar-refractivity contribution in [2.24, 2.45) is 0 Å². The van der Waals surface area contributed by atoms with Crippen molar-refractivity contribution in [3.63, 3.8) is 0 Å². The summed E-state index contributed by atoms with van der Waals surface area (Å²) in [5, 5.41) is 38.4. The van der Waals surface area contributed by atoms with Crippen LogP contribution >= 0.6 is 54.0 Å². The molecule has 38 heteroatoms. The van der Waals surface area contributed by atoms with Gasteiger partial charge in [-0.25, -0.2) is 37.1 Å². The molecule has 0 radical (unpaired) electrons. The number of carboxylic acids is 4. The summed E-state index contributed by atoms with van der Waals surface area (Å²) in [5.41, 5.74) is -1.88. The number of benzene rings is 4. The van der Waals surface area contributed by atoms with Gasteiger partial charge in [0, 0.05) is 0 Å². The van der Waals surface area contributed by atoms with E-state index in [-0.39, 0.29) is 48.5 Å². The van der Waals surface area contributed by atoms with E-state index in [2.05, 4.69) is 24.8 Å². The SMILES string of the molecule is COc1c(Cl)ccc(Cl)c1C(=O)O.C[C@H](OC(=O)c1cc(Oc2ccc(C(F)(F)F)cc2Cl)ccc1Cl)C(=O)O.O=C(Nc1nc(OC(F)F)cc(OC(F)F)n1)NS(=O)(=O)c1ccccc1C(=O)O.O=C(O)CNCP(=O)(O)O. The van der Waals surface area contributed by atoms with Crippen LogP contribution in [0.4, 0.5) is 41.5 Å². The summed E-state index contributed by atoms with van der Waals surface area (Å²) < 4.78 is 146. The summed E-state index contributed by atoms with van der Waals surface area (Å²) in [4.78, 5) is 88.5. The third-order valence-corrected chi connectivity index (χ3v) is 11.6. The molecular formula is C42H35Cl4F7N5O20PS. The Hall–Kier alpha value is -7.49. The van der Waals surface area contributed by atoms with E-state index in [1.165, 1.54) is 48.2 Å². The first-order valence-corrected chi connectivity index (χ1v) is 25.2. The predicted octanol–water partition coefficient (Wildman–Crippen LogP) is 8.82. The second kappa shape index (κ2) is 30.8. The highest BCUT2D eigenvalue weighted by Gasteiger charge is 2.31. The maximum Gasteiger partial charge on any atom is 0.416 e. The van der Waals surface area contributed by atoms with Gasteiger partial charge < -0.3 is 53.9 Å². The van der Waals surface area contributed by atoms with Gasteiger partial charge in [0.25, 0.3) is 10.0 Å². The van der Waals surface area contributed by atoms with Crippen molar-refractivity contribution in [1.29, 1.82) is 0 Å². The van der Waals surface area contributed by atoms with Gasteiger partial charge in [0.15, 0.2) is 11.9 Å². The smallest absolute Gasteiger partial charge is 0.416 e. The molecule has 80 heavy (non-hydrogen) atoms. The fourth-order valence-electron chi connectivity index (χ4n) is 5.07. The number of carbonyl (C=O) groups excluding carboxylic acids is 2. The number of aromatic carboxylic acids is 2. The molecule has 1 atom stereocenters. The average molecular weight is 1270 g/mol. The van der Waals surface area contributed by atoms with Gasteiger partial charge in [0.1, 0.15) is 22.0 Å². The van der Waals surface area contributed by atoms with E-state index < -0.39 is 126 Å². The molecule has 5 aromatic rings. The molecule has 0 aliphatic heterocycles. The number of sulfonamides is 1. The zero-order valence-electron chi connectivity index (χ0n) is 39.5. The molecule has 0 saturated carbocycles. The van der Waals surface area contributed by atoms with Gasteiger partial charge >= 0.3 is 62.9 Å². The van der Waals surface area contributed by atoms with E-state index in [0.29, 0.717) is 12.1 Å². The molecule has 0 unspecified atom stereocenters. The number of anilines is 1. The minimum atomic E-state index is -4.71. The Morgan fingerprint density at radius 3 is 1.77 bits per heavy atom. The third kappa shape index (κ3) is 23.5. The van der Waals surface area contributed by atoms with Crippen LogP contribution in [0.1, 0.15) is 43.6 Å².